The summed E-state index contributed by atoms with van der Waals surface area (Å²) in [5.41, 5.74) is 2.57. The van der Waals surface area contributed by atoms with Crippen LogP contribution >= 0.6 is 12.6 Å². The van der Waals surface area contributed by atoms with E-state index in [0.717, 1.165) is 11.3 Å². The number of benzene rings is 1. The fraction of sp³-hybridized carbons (Fsp3) is 0.100. The van der Waals surface area contributed by atoms with Crippen molar-refractivity contribution in [1.82, 2.24) is 10.6 Å². The SMILES string of the molecule is N#Cc1cccc(C2=CNC(S)N2)c1. The topological polar surface area (TPSA) is 47.9 Å². The van der Waals surface area contributed by atoms with Gasteiger partial charge in [-0.1, -0.05) is 12.1 Å². The molecule has 0 bridgehead atoms. The number of nitrogens with zero attached hydrogens (tertiary/aromatic N) is 1. The van der Waals surface area contributed by atoms with Crippen molar-refractivity contribution in [1.29, 1.82) is 5.26 Å². The molecule has 0 saturated heterocycles. The summed E-state index contributed by atoms with van der Waals surface area (Å²) in [6, 6.07) is 9.54. The summed E-state index contributed by atoms with van der Waals surface area (Å²) in [6.45, 7) is 0. The van der Waals surface area contributed by atoms with E-state index in [9.17, 15) is 0 Å². The largest absolute Gasteiger partial charge is 0.361 e. The molecule has 70 valence electrons. The number of hydrogen-bond donors (Lipinski definition) is 3. The van der Waals surface area contributed by atoms with Crippen molar-refractivity contribution in [3.05, 3.63) is 41.6 Å². The summed E-state index contributed by atoms with van der Waals surface area (Å²) in [4.78, 5) is 0. The Labute approximate surface area is 87.8 Å². The van der Waals surface area contributed by atoms with Crippen molar-refractivity contribution in [2.75, 3.05) is 0 Å². The molecular formula is C10H9N3S. The van der Waals surface area contributed by atoms with Crippen molar-refractivity contribution in [3.8, 4) is 6.07 Å². The van der Waals surface area contributed by atoms with E-state index >= 15 is 0 Å². The first-order valence-electron chi connectivity index (χ1n) is 4.21. The molecule has 0 fully saturated rings. The van der Waals surface area contributed by atoms with Gasteiger partial charge in [-0.25, -0.2) is 0 Å². The Balaban J connectivity index is 2.30. The average Bonchev–Trinajstić information content (AvgIpc) is 2.65. The highest BCUT2D eigenvalue weighted by Crippen LogP contribution is 2.16. The van der Waals surface area contributed by atoms with E-state index in [0.29, 0.717) is 5.56 Å². The minimum atomic E-state index is -0.0456. The molecule has 0 aliphatic carbocycles. The van der Waals surface area contributed by atoms with Gasteiger partial charge in [-0.15, -0.1) is 12.6 Å². The summed E-state index contributed by atoms with van der Waals surface area (Å²) in [5.74, 6) is 0. The second kappa shape index (κ2) is 3.64. The maximum absolute atomic E-state index is 8.74. The first-order valence-corrected chi connectivity index (χ1v) is 4.72. The van der Waals surface area contributed by atoms with E-state index in [-0.39, 0.29) is 5.50 Å². The highest BCUT2D eigenvalue weighted by molar-refractivity contribution is 7.80. The summed E-state index contributed by atoms with van der Waals surface area (Å²) in [6.07, 6.45) is 1.86. The van der Waals surface area contributed by atoms with Gasteiger partial charge in [0, 0.05) is 11.8 Å². The molecule has 2 rings (SSSR count). The third kappa shape index (κ3) is 1.68. The van der Waals surface area contributed by atoms with Crippen LogP contribution in [0.5, 0.6) is 0 Å². The predicted octanol–water partition coefficient (Wildman–Crippen LogP) is 1.26. The lowest BCUT2D eigenvalue weighted by Crippen LogP contribution is -2.25. The van der Waals surface area contributed by atoms with E-state index < -0.39 is 0 Å². The molecular weight excluding hydrogens is 194 g/mol. The third-order valence-electron chi connectivity index (χ3n) is 1.98. The van der Waals surface area contributed by atoms with Gasteiger partial charge in [0.05, 0.1) is 17.3 Å². The van der Waals surface area contributed by atoms with E-state index in [1.165, 1.54) is 0 Å². The van der Waals surface area contributed by atoms with Crippen molar-refractivity contribution in [2.45, 2.75) is 5.50 Å². The molecule has 0 spiro atoms. The lowest BCUT2D eigenvalue weighted by molar-refractivity contribution is 0.784. The number of nitriles is 1. The molecule has 1 aliphatic heterocycles. The number of nitrogens with one attached hydrogen (secondary N) is 2. The Hall–Kier alpha value is -1.60. The number of thiol groups is 1. The van der Waals surface area contributed by atoms with Crippen LogP contribution in [0.15, 0.2) is 30.5 Å². The third-order valence-corrected chi connectivity index (χ3v) is 2.26. The van der Waals surface area contributed by atoms with Crippen molar-refractivity contribution >= 4 is 18.3 Å². The molecule has 1 unspecified atom stereocenters. The highest BCUT2D eigenvalue weighted by Gasteiger charge is 2.11. The van der Waals surface area contributed by atoms with E-state index in [4.69, 9.17) is 5.26 Å². The van der Waals surface area contributed by atoms with Gasteiger partial charge in [-0.05, 0) is 12.1 Å². The quantitative estimate of drug-likeness (QED) is 0.602. The Morgan fingerprint density at radius 1 is 1.43 bits per heavy atom. The molecule has 0 radical (unpaired) electrons. The van der Waals surface area contributed by atoms with Crippen molar-refractivity contribution in [3.63, 3.8) is 0 Å². The van der Waals surface area contributed by atoms with Crippen LogP contribution in [0.2, 0.25) is 0 Å². The van der Waals surface area contributed by atoms with E-state index in [2.05, 4.69) is 29.3 Å². The molecule has 1 aromatic rings. The lowest BCUT2D eigenvalue weighted by Gasteiger charge is -2.07. The van der Waals surface area contributed by atoms with Crippen molar-refractivity contribution < 1.29 is 0 Å². The van der Waals surface area contributed by atoms with Crippen LogP contribution in [0.25, 0.3) is 5.70 Å². The molecule has 1 aliphatic rings. The number of rotatable bonds is 1. The van der Waals surface area contributed by atoms with Gasteiger partial charge in [0.15, 0.2) is 0 Å². The Kier molecular flexibility index (Phi) is 2.33. The average molecular weight is 203 g/mol. The van der Waals surface area contributed by atoms with Gasteiger partial charge in [-0.2, -0.15) is 5.26 Å². The zero-order valence-corrected chi connectivity index (χ0v) is 8.25. The second-order valence-electron chi connectivity index (χ2n) is 2.96. The molecule has 2 N–H and O–H groups in total. The normalized spacial score (nSPS) is 19.1. The maximum atomic E-state index is 8.74. The van der Waals surface area contributed by atoms with Crippen LogP contribution < -0.4 is 10.6 Å². The molecule has 0 amide bonds. The van der Waals surface area contributed by atoms with E-state index in [1.54, 1.807) is 6.07 Å². The second-order valence-corrected chi connectivity index (χ2v) is 3.48. The van der Waals surface area contributed by atoms with Gasteiger partial charge in [-0.3, -0.25) is 0 Å². The molecule has 0 aromatic heterocycles. The predicted molar refractivity (Wildman–Crippen MR) is 58.2 cm³/mol. The van der Waals surface area contributed by atoms with Gasteiger partial charge < -0.3 is 10.6 Å². The standard InChI is InChI=1S/C10H9N3S/c11-5-7-2-1-3-8(4-7)9-6-12-10(14)13-9/h1-4,6,10,12-14H. The first kappa shape index (κ1) is 8.97. The monoisotopic (exact) mass is 203 g/mol. The molecule has 4 heteroatoms. The minimum Gasteiger partial charge on any atom is -0.361 e. The van der Waals surface area contributed by atoms with Gasteiger partial charge in [0.1, 0.15) is 5.50 Å². The smallest absolute Gasteiger partial charge is 0.142 e. The van der Waals surface area contributed by atoms with Crippen LogP contribution in [0.4, 0.5) is 0 Å². The lowest BCUT2D eigenvalue weighted by atomic mass is 10.1. The zero-order valence-electron chi connectivity index (χ0n) is 7.36. The Morgan fingerprint density at radius 2 is 2.29 bits per heavy atom. The first-order chi connectivity index (χ1) is 6.79. The summed E-state index contributed by atoms with van der Waals surface area (Å²) in [7, 11) is 0. The molecule has 1 aromatic carbocycles. The zero-order chi connectivity index (χ0) is 9.97. The summed E-state index contributed by atoms with van der Waals surface area (Å²) in [5, 5.41) is 14.9. The molecule has 14 heavy (non-hydrogen) atoms. The Morgan fingerprint density at radius 3 is 2.93 bits per heavy atom. The molecule has 3 nitrogen and oxygen atoms in total. The van der Waals surface area contributed by atoms with Crippen LogP contribution in [0.1, 0.15) is 11.1 Å². The summed E-state index contributed by atoms with van der Waals surface area (Å²) < 4.78 is 0. The molecule has 1 heterocycles. The van der Waals surface area contributed by atoms with Crippen LogP contribution in [0.3, 0.4) is 0 Å². The van der Waals surface area contributed by atoms with Gasteiger partial charge in [0.2, 0.25) is 0 Å². The Bertz CT molecular complexity index is 420. The van der Waals surface area contributed by atoms with Gasteiger partial charge in [0.25, 0.3) is 0 Å². The fourth-order valence-corrected chi connectivity index (χ4v) is 1.53. The fourth-order valence-electron chi connectivity index (χ4n) is 1.32. The van der Waals surface area contributed by atoms with Crippen LogP contribution in [0, 0.1) is 11.3 Å². The summed E-state index contributed by atoms with van der Waals surface area (Å²) >= 11 is 4.21. The van der Waals surface area contributed by atoms with Crippen LogP contribution in [-0.2, 0) is 0 Å². The molecule has 0 saturated carbocycles. The minimum absolute atomic E-state index is 0.0456. The molecule has 1 atom stereocenters. The van der Waals surface area contributed by atoms with Crippen LogP contribution in [-0.4, -0.2) is 5.50 Å². The van der Waals surface area contributed by atoms with E-state index in [1.807, 2.05) is 24.4 Å². The highest BCUT2D eigenvalue weighted by atomic mass is 32.1. The maximum Gasteiger partial charge on any atom is 0.142 e. The van der Waals surface area contributed by atoms with Crippen molar-refractivity contribution in [2.24, 2.45) is 0 Å². The van der Waals surface area contributed by atoms with Gasteiger partial charge >= 0.3 is 0 Å². The number of hydrogen-bond acceptors (Lipinski definition) is 4.